The largest absolute Gasteiger partial charge is 0.486 e. The molecular weight excluding hydrogens is 342 g/mol. The van der Waals surface area contributed by atoms with Crippen LogP contribution in [0.2, 0.25) is 0 Å². The summed E-state index contributed by atoms with van der Waals surface area (Å²) in [7, 11) is 0. The number of nitrogens with one attached hydrogen (secondary N) is 2. The zero-order valence-electron chi connectivity index (χ0n) is 14.9. The van der Waals surface area contributed by atoms with Crippen molar-refractivity contribution in [3.05, 3.63) is 71.9 Å². The molecule has 6 heteroatoms. The molecule has 0 saturated heterocycles. The number of ether oxygens (including phenoxy) is 2. The van der Waals surface area contributed by atoms with Crippen LogP contribution in [0.5, 0.6) is 11.5 Å². The molecule has 2 heterocycles. The third kappa shape index (κ3) is 4.00. The average Bonchev–Trinajstić information content (AvgIpc) is 2.70. The van der Waals surface area contributed by atoms with E-state index in [1.54, 1.807) is 18.3 Å². The number of carbonyl (C=O) groups is 1. The Balaban J connectivity index is 1.42. The minimum absolute atomic E-state index is 0.197. The van der Waals surface area contributed by atoms with Crippen LogP contribution in [0.4, 0.5) is 17.2 Å². The maximum Gasteiger partial charge on any atom is 0.257 e. The fourth-order valence-electron chi connectivity index (χ4n) is 2.71. The molecule has 1 amide bonds. The van der Waals surface area contributed by atoms with E-state index in [1.165, 1.54) is 0 Å². The molecule has 1 aliphatic rings. The summed E-state index contributed by atoms with van der Waals surface area (Å²) < 4.78 is 11.1. The normalized spacial score (nSPS) is 12.3. The van der Waals surface area contributed by atoms with Crippen molar-refractivity contribution in [2.45, 2.75) is 6.92 Å². The van der Waals surface area contributed by atoms with E-state index >= 15 is 0 Å². The van der Waals surface area contributed by atoms with Gasteiger partial charge in [0.2, 0.25) is 0 Å². The summed E-state index contributed by atoms with van der Waals surface area (Å²) >= 11 is 0. The number of benzene rings is 2. The van der Waals surface area contributed by atoms with Crippen molar-refractivity contribution in [3.8, 4) is 11.5 Å². The second-order valence-corrected chi connectivity index (χ2v) is 6.24. The topological polar surface area (TPSA) is 72.5 Å². The Hall–Kier alpha value is -3.54. The van der Waals surface area contributed by atoms with E-state index in [0.29, 0.717) is 30.3 Å². The average molecular weight is 361 g/mol. The van der Waals surface area contributed by atoms with Gasteiger partial charge in [0.05, 0.1) is 5.56 Å². The van der Waals surface area contributed by atoms with Crippen molar-refractivity contribution in [1.29, 1.82) is 0 Å². The summed E-state index contributed by atoms with van der Waals surface area (Å²) in [6.45, 7) is 3.11. The number of hydrogen-bond acceptors (Lipinski definition) is 5. The predicted molar refractivity (Wildman–Crippen MR) is 104 cm³/mol. The van der Waals surface area contributed by atoms with Gasteiger partial charge in [-0.05, 0) is 43.3 Å². The molecule has 27 heavy (non-hydrogen) atoms. The maximum atomic E-state index is 12.3. The van der Waals surface area contributed by atoms with Crippen molar-refractivity contribution >= 4 is 23.1 Å². The Kier molecular flexibility index (Phi) is 4.61. The second-order valence-electron chi connectivity index (χ2n) is 6.24. The molecule has 1 aromatic heterocycles. The lowest BCUT2D eigenvalue weighted by Gasteiger charge is -2.19. The molecule has 0 bridgehead atoms. The standard InChI is InChI=1S/C21H19N3O3/c1-14-2-5-16(6-3-14)24-21(25)15-4-9-20(22-13-15)23-17-7-8-18-19(12-17)27-11-10-26-18/h2-9,12-13H,10-11H2,1H3,(H,22,23)(H,24,25). The minimum Gasteiger partial charge on any atom is -0.486 e. The van der Waals surface area contributed by atoms with Gasteiger partial charge >= 0.3 is 0 Å². The van der Waals surface area contributed by atoms with E-state index in [1.807, 2.05) is 49.4 Å². The van der Waals surface area contributed by atoms with Crippen LogP contribution >= 0.6 is 0 Å². The molecule has 0 saturated carbocycles. The lowest BCUT2D eigenvalue weighted by Crippen LogP contribution is -2.15. The first-order valence-electron chi connectivity index (χ1n) is 8.68. The molecule has 0 atom stereocenters. The van der Waals surface area contributed by atoms with Gasteiger partial charge in [-0.3, -0.25) is 4.79 Å². The molecule has 3 aromatic rings. The van der Waals surface area contributed by atoms with E-state index in [9.17, 15) is 4.79 Å². The maximum absolute atomic E-state index is 12.3. The lowest BCUT2D eigenvalue weighted by atomic mass is 10.2. The Morgan fingerprint density at radius 3 is 2.41 bits per heavy atom. The summed E-state index contributed by atoms with van der Waals surface area (Å²) in [4.78, 5) is 16.6. The van der Waals surface area contributed by atoms with Gasteiger partial charge in [-0.25, -0.2) is 4.98 Å². The molecule has 136 valence electrons. The first-order valence-corrected chi connectivity index (χ1v) is 8.68. The van der Waals surface area contributed by atoms with Crippen LogP contribution in [0.1, 0.15) is 15.9 Å². The van der Waals surface area contributed by atoms with Gasteiger partial charge in [-0.15, -0.1) is 0 Å². The van der Waals surface area contributed by atoms with Crippen LogP contribution in [-0.4, -0.2) is 24.1 Å². The van der Waals surface area contributed by atoms with Crippen LogP contribution in [-0.2, 0) is 0 Å². The number of anilines is 3. The van der Waals surface area contributed by atoms with E-state index in [4.69, 9.17) is 9.47 Å². The zero-order valence-corrected chi connectivity index (χ0v) is 14.9. The highest BCUT2D eigenvalue weighted by molar-refractivity contribution is 6.04. The molecule has 0 unspecified atom stereocenters. The quantitative estimate of drug-likeness (QED) is 0.730. The van der Waals surface area contributed by atoms with Gasteiger partial charge in [-0.1, -0.05) is 17.7 Å². The van der Waals surface area contributed by atoms with Gasteiger partial charge in [0.25, 0.3) is 5.91 Å². The number of aryl methyl sites for hydroxylation is 1. The van der Waals surface area contributed by atoms with Gasteiger partial charge in [0, 0.05) is 23.6 Å². The van der Waals surface area contributed by atoms with Gasteiger partial charge in [-0.2, -0.15) is 0 Å². The molecular formula is C21H19N3O3. The molecule has 2 N–H and O–H groups in total. The van der Waals surface area contributed by atoms with Crippen molar-refractivity contribution < 1.29 is 14.3 Å². The van der Waals surface area contributed by atoms with Gasteiger partial charge in [0.1, 0.15) is 19.0 Å². The highest BCUT2D eigenvalue weighted by Crippen LogP contribution is 2.33. The van der Waals surface area contributed by atoms with Crippen molar-refractivity contribution in [2.24, 2.45) is 0 Å². The Morgan fingerprint density at radius 2 is 1.67 bits per heavy atom. The molecule has 4 rings (SSSR count). The summed E-state index contributed by atoms with van der Waals surface area (Å²) in [5.41, 5.74) is 3.22. The highest BCUT2D eigenvalue weighted by Gasteiger charge is 2.12. The Morgan fingerprint density at radius 1 is 0.926 bits per heavy atom. The smallest absolute Gasteiger partial charge is 0.257 e. The molecule has 0 spiro atoms. The van der Waals surface area contributed by atoms with Crippen LogP contribution in [0.25, 0.3) is 0 Å². The molecule has 2 aromatic carbocycles. The number of amides is 1. The van der Waals surface area contributed by atoms with Crippen LogP contribution in [0.15, 0.2) is 60.8 Å². The van der Waals surface area contributed by atoms with Crippen LogP contribution in [0, 0.1) is 6.92 Å². The van der Waals surface area contributed by atoms with Crippen molar-refractivity contribution in [1.82, 2.24) is 4.98 Å². The second kappa shape index (κ2) is 7.37. The first-order chi connectivity index (χ1) is 13.2. The van der Waals surface area contributed by atoms with Crippen LogP contribution < -0.4 is 20.1 Å². The fourth-order valence-corrected chi connectivity index (χ4v) is 2.71. The number of nitrogens with zero attached hydrogens (tertiary/aromatic N) is 1. The number of rotatable bonds is 4. The number of aromatic nitrogens is 1. The fraction of sp³-hybridized carbons (Fsp3) is 0.143. The van der Waals surface area contributed by atoms with E-state index < -0.39 is 0 Å². The monoisotopic (exact) mass is 361 g/mol. The molecule has 1 aliphatic heterocycles. The zero-order chi connectivity index (χ0) is 18.6. The molecule has 0 fully saturated rings. The minimum atomic E-state index is -0.197. The third-order valence-electron chi connectivity index (χ3n) is 4.15. The van der Waals surface area contributed by atoms with E-state index in [-0.39, 0.29) is 5.91 Å². The number of hydrogen-bond donors (Lipinski definition) is 2. The number of fused-ring (bicyclic) bond motifs is 1. The summed E-state index contributed by atoms with van der Waals surface area (Å²) in [6.07, 6.45) is 1.55. The summed E-state index contributed by atoms with van der Waals surface area (Å²) in [5, 5.41) is 6.06. The lowest BCUT2D eigenvalue weighted by molar-refractivity contribution is 0.102. The van der Waals surface area contributed by atoms with Crippen LogP contribution in [0.3, 0.4) is 0 Å². The summed E-state index contributed by atoms with van der Waals surface area (Å²) in [6, 6.07) is 16.8. The SMILES string of the molecule is Cc1ccc(NC(=O)c2ccc(Nc3ccc4c(c3)OCCO4)nc2)cc1. The van der Waals surface area contributed by atoms with Crippen molar-refractivity contribution in [2.75, 3.05) is 23.8 Å². The molecule has 6 nitrogen and oxygen atoms in total. The van der Waals surface area contributed by atoms with E-state index in [0.717, 1.165) is 22.7 Å². The predicted octanol–water partition coefficient (Wildman–Crippen LogP) is 4.16. The van der Waals surface area contributed by atoms with E-state index in [2.05, 4.69) is 15.6 Å². The Bertz CT molecular complexity index is 953. The van der Waals surface area contributed by atoms with Gasteiger partial charge < -0.3 is 20.1 Å². The summed E-state index contributed by atoms with van der Waals surface area (Å²) in [5.74, 6) is 1.89. The molecule has 0 radical (unpaired) electrons. The van der Waals surface area contributed by atoms with Gasteiger partial charge in [0.15, 0.2) is 11.5 Å². The first kappa shape index (κ1) is 16.9. The number of carbonyl (C=O) groups excluding carboxylic acids is 1. The molecule has 0 aliphatic carbocycles. The van der Waals surface area contributed by atoms with Crippen molar-refractivity contribution in [3.63, 3.8) is 0 Å². The number of pyridine rings is 1. The third-order valence-corrected chi connectivity index (χ3v) is 4.15. The highest BCUT2D eigenvalue weighted by atomic mass is 16.6. The Labute approximate surface area is 157 Å².